The first-order chi connectivity index (χ1) is 10.1. The van der Waals surface area contributed by atoms with Crippen LogP contribution in [-0.2, 0) is 4.74 Å². The van der Waals surface area contributed by atoms with Crippen LogP contribution in [-0.4, -0.2) is 37.4 Å². The van der Waals surface area contributed by atoms with Crippen LogP contribution in [0.1, 0.15) is 16.1 Å². The zero-order chi connectivity index (χ0) is 15.4. The van der Waals surface area contributed by atoms with Crippen LogP contribution in [0.25, 0.3) is 10.1 Å². The van der Waals surface area contributed by atoms with Crippen molar-refractivity contribution in [1.29, 1.82) is 0 Å². The van der Waals surface area contributed by atoms with Crippen molar-refractivity contribution < 1.29 is 19.0 Å². The maximum atomic E-state index is 13.2. The number of methoxy groups -OCH3 is 1. The van der Waals surface area contributed by atoms with Gasteiger partial charge < -0.3 is 20.9 Å². The molecule has 0 bridgehead atoms. The monoisotopic (exact) mass is 312 g/mol. The van der Waals surface area contributed by atoms with E-state index >= 15 is 0 Å². The Morgan fingerprint density at radius 1 is 1.57 bits per heavy atom. The molecule has 0 aliphatic carbocycles. The molecule has 0 spiro atoms. The summed E-state index contributed by atoms with van der Waals surface area (Å²) in [6.07, 6.45) is 0.388. The Morgan fingerprint density at radius 2 is 2.33 bits per heavy atom. The molecule has 1 aromatic heterocycles. The number of rotatable bonds is 6. The lowest BCUT2D eigenvalue weighted by Gasteiger charge is -2.16. The van der Waals surface area contributed by atoms with Gasteiger partial charge in [-0.05, 0) is 24.6 Å². The average Bonchev–Trinajstić information content (AvgIpc) is 2.77. The number of nitrogen functional groups attached to an aromatic ring is 1. The fraction of sp³-hybridized carbons (Fsp3) is 0.357. The second kappa shape index (κ2) is 6.84. The van der Waals surface area contributed by atoms with Crippen LogP contribution in [0, 0.1) is 5.82 Å². The molecule has 0 aliphatic heterocycles. The number of nitrogens with one attached hydrogen (secondary N) is 1. The Bertz CT molecular complexity index is 638. The number of hydrogen-bond acceptors (Lipinski definition) is 5. The molecule has 1 amide bonds. The summed E-state index contributed by atoms with van der Waals surface area (Å²) in [5, 5.41) is 12.3. The summed E-state index contributed by atoms with van der Waals surface area (Å²) in [5.41, 5.74) is 6.21. The fourth-order valence-electron chi connectivity index (χ4n) is 2.06. The van der Waals surface area contributed by atoms with Crippen molar-refractivity contribution in [2.45, 2.75) is 12.5 Å². The van der Waals surface area contributed by atoms with Gasteiger partial charge in [-0.1, -0.05) is 0 Å². The van der Waals surface area contributed by atoms with E-state index in [1.54, 1.807) is 6.07 Å². The molecule has 0 aliphatic rings. The van der Waals surface area contributed by atoms with Gasteiger partial charge in [0.2, 0.25) is 0 Å². The molecule has 1 atom stereocenters. The van der Waals surface area contributed by atoms with Gasteiger partial charge in [0, 0.05) is 23.8 Å². The maximum Gasteiger partial charge on any atom is 0.263 e. The Labute approximate surface area is 125 Å². The minimum absolute atomic E-state index is 0.0542. The molecule has 7 heteroatoms. The molecule has 2 rings (SSSR count). The summed E-state index contributed by atoms with van der Waals surface area (Å²) in [6, 6.07) is 3.95. The normalized spacial score (nSPS) is 12.5. The summed E-state index contributed by atoms with van der Waals surface area (Å²) < 4.78 is 19.0. The number of benzene rings is 1. The van der Waals surface area contributed by atoms with E-state index < -0.39 is 5.82 Å². The number of carbonyl (C=O) groups excluding carboxylic acids is 1. The number of halogens is 1. The summed E-state index contributed by atoms with van der Waals surface area (Å²) in [7, 11) is 1.52. The van der Waals surface area contributed by atoms with Crippen LogP contribution in [0.2, 0.25) is 0 Å². The number of amides is 1. The second-order valence-electron chi connectivity index (χ2n) is 4.62. The smallest absolute Gasteiger partial charge is 0.263 e. The predicted octanol–water partition coefficient (Wildman–Crippen LogP) is 1.75. The number of ether oxygens (including phenoxy) is 1. The van der Waals surface area contributed by atoms with E-state index in [0.717, 1.165) is 4.70 Å². The van der Waals surface area contributed by atoms with Crippen molar-refractivity contribution in [3.63, 3.8) is 0 Å². The molecule has 0 fully saturated rings. The van der Waals surface area contributed by atoms with E-state index in [1.165, 1.54) is 30.6 Å². The molecule has 0 saturated carbocycles. The van der Waals surface area contributed by atoms with Crippen molar-refractivity contribution in [1.82, 2.24) is 5.32 Å². The number of nitrogens with two attached hydrogens (primary N) is 1. The minimum Gasteiger partial charge on any atom is -0.397 e. The number of thiophene rings is 1. The van der Waals surface area contributed by atoms with Crippen LogP contribution in [0.5, 0.6) is 0 Å². The molecule has 1 aromatic carbocycles. The topological polar surface area (TPSA) is 84.6 Å². The van der Waals surface area contributed by atoms with Crippen LogP contribution >= 0.6 is 11.3 Å². The summed E-state index contributed by atoms with van der Waals surface area (Å²) in [6.45, 7) is 0.243. The van der Waals surface area contributed by atoms with Crippen LogP contribution < -0.4 is 11.1 Å². The molecule has 1 heterocycles. The first-order valence-electron chi connectivity index (χ1n) is 6.45. The molecule has 4 N–H and O–H groups in total. The molecular weight excluding hydrogens is 295 g/mol. The zero-order valence-corrected chi connectivity index (χ0v) is 12.4. The number of hydrogen-bond donors (Lipinski definition) is 3. The number of aliphatic hydroxyl groups excluding tert-OH is 1. The Morgan fingerprint density at radius 3 is 3.00 bits per heavy atom. The van der Waals surface area contributed by atoms with Crippen molar-refractivity contribution in [2.24, 2.45) is 0 Å². The number of fused-ring (bicyclic) bond motifs is 1. The largest absolute Gasteiger partial charge is 0.397 e. The van der Waals surface area contributed by atoms with Gasteiger partial charge in [-0.2, -0.15) is 0 Å². The Kier molecular flexibility index (Phi) is 5.11. The first kappa shape index (κ1) is 15.7. The number of carbonyl (C=O) groups is 1. The van der Waals surface area contributed by atoms with Crippen LogP contribution in [0.3, 0.4) is 0 Å². The number of anilines is 1. The quantitative estimate of drug-likeness (QED) is 0.758. The summed E-state index contributed by atoms with van der Waals surface area (Å²) >= 11 is 1.21. The molecule has 2 aromatic rings. The highest BCUT2D eigenvalue weighted by atomic mass is 32.1. The number of aliphatic hydroxyl groups is 1. The Hall–Kier alpha value is -1.70. The van der Waals surface area contributed by atoms with Gasteiger partial charge >= 0.3 is 0 Å². The first-order valence-corrected chi connectivity index (χ1v) is 7.26. The summed E-state index contributed by atoms with van der Waals surface area (Å²) in [5.74, 6) is -0.735. The van der Waals surface area contributed by atoms with E-state index in [9.17, 15) is 9.18 Å². The van der Waals surface area contributed by atoms with Gasteiger partial charge in [0.1, 0.15) is 10.7 Å². The van der Waals surface area contributed by atoms with Gasteiger partial charge in [0.05, 0.1) is 18.3 Å². The standard InChI is InChI=1S/C14H17FN2O3S/c1-20-7-9(4-5-18)17-14(19)13-12(16)10-6-8(15)2-3-11(10)21-13/h2-3,6,9,18H,4-5,7,16H2,1H3,(H,17,19). The van der Waals surface area contributed by atoms with Gasteiger partial charge in [0.15, 0.2) is 0 Å². The van der Waals surface area contributed by atoms with Crippen LogP contribution in [0.15, 0.2) is 18.2 Å². The lowest BCUT2D eigenvalue weighted by Crippen LogP contribution is -2.38. The van der Waals surface area contributed by atoms with Gasteiger partial charge in [0.25, 0.3) is 5.91 Å². The highest BCUT2D eigenvalue weighted by Crippen LogP contribution is 2.34. The Balaban J connectivity index is 2.24. The maximum absolute atomic E-state index is 13.2. The van der Waals surface area contributed by atoms with Crippen molar-refractivity contribution >= 4 is 33.0 Å². The molecule has 21 heavy (non-hydrogen) atoms. The predicted molar refractivity (Wildman–Crippen MR) is 81.0 cm³/mol. The molecule has 1 unspecified atom stereocenters. The van der Waals surface area contributed by atoms with E-state index in [-0.39, 0.29) is 24.2 Å². The molecule has 0 saturated heterocycles. The van der Waals surface area contributed by atoms with Gasteiger partial charge in [-0.25, -0.2) is 4.39 Å². The van der Waals surface area contributed by atoms with Crippen molar-refractivity contribution in [2.75, 3.05) is 26.1 Å². The van der Waals surface area contributed by atoms with Crippen LogP contribution in [0.4, 0.5) is 10.1 Å². The highest BCUT2D eigenvalue weighted by molar-refractivity contribution is 7.21. The van der Waals surface area contributed by atoms with Gasteiger partial charge in [-0.3, -0.25) is 4.79 Å². The molecule has 114 valence electrons. The minimum atomic E-state index is -0.392. The summed E-state index contributed by atoms with van der Waals surface area (Å²) in [4.78, 5) is 12.6. The van der Waals surface area contributed by atoms with E-state index in [1.807, 2.05) is 0 Å². The zero-order valence-electron chi connectivity index (χ0n) is 11.6. The lowest BCUT2D eigenvalue weighted by atomic mass is 10.2. The van der Waals surface area contributed by atoms with E-state index in [2.05, 4.69) is 5.32 Å². The third-order valence-electron chi connectivity index (χ3n) is 3.08. The lowest BCUT2D eigenvalue weighted by molar-refractivity contribution is 0.0883. The molecule has 5 nitrogen and oxygen atoms in total. The average molecular weight is 312 g/mol. The molecular formula is C14H17FN2O3S. The SMILES string of the molecule is COCC(CCO)NC(=O)c1sc2ccc(F)cc2c1N. The highest BCUT2D eigenvalue weighted by Gasteiger charge is 2.19. The fourth-order valence-corrected chi connectivity index (χ4v) is 3.07. The second-order valence-corrected chi connectivity index (χ2v) is 5.68. The van der Waals surface area contributed by atoms with E-state index in [4.69, 9.17) is 15.6 Å². The van der Waals surface area contributed by atoms with Crippen molar-refractivity contribution in [3.05, 3.63) is 28.9 Å². The van der Waals surface area contributed by atoms with Gasteiger partial charge in [-0.15, -0.1) is 11.3 Å². The van der Waals surface area contributed by atoms with E-state index in [0.29, 0.717) is 23.3 Å². The van der Waals surface area contributed by atoms with Crippen molar-refractivity contribution in [3.8, 4) is 0 Å². The third-order valence-corrected chi connectivity index (χ3v) is 4.26. The third kappa shape index (κ3) is 3.49. The molecule has 0 radical (unpaired) electrons.